The average molecular weight is 231 g/mol. The summed E-state index contributed by atoms with van der Waals surface area (Å²) in [6.07, 6.45) is 2.37. The first-order valence-electron chi connectivity index (χ1n) is 4.83. The van der Waals surface area contributed by atoms with Crippen LogP contribution in [0, 0.1) is 11.6 Å². The van der Waals surface area contributed by atoms with Gasteiger partial charge in [-0.1, -0.05) is 13.0 Å². The number of halogens is 2. The van der Waals surface area contributed by atoms with Crippen molar-refractivity contribution in [3.63, 3.8) is 0 Å². The van der Waals surface area contributed by atoms with Crippen molar-refractivity contribution in [2.75, 3.05) is 12.8 Å². The topological polar surface area (TPSA) is 26.0 Å². The summed E-state index contributed by atoms with van der Waals surface area (Å²) < 4.78 is 27.0. The normalized spacial score (nSPS) is 12.9. The van der Waals surface area contributed by atoms with Gasteiger partial charge in [0.1, 0.15) is 11.6 Å². The van der Waals surface area contributed by atoms with Crippen LogP contribution in [0.2, 0.25) is 0 Å². The Bertz CT molecular complexity index is 342. The molecule has 0 saturated heterocycles. The highest BCUT2D eigenvalue weighted by Gasteiger charge is 2.16. The van der Waals surface area contributed by atoms with Gasteiger partial charge in [-0.2, -0.15) is 0 Å². The predicted molar refractivity (Wildman–Crippen MR) is 60.2 cm³/mol. The maximum atomic E-state index is 13.8. The number of thioether (sulfide) groups is 1. The molecule has 15 heavy (non-hydrogen) atoms. The van der Waals surface area contributed by atoms with Crippen LogP contribution in [0.5, 0.6) is 0 Å². The fourth-order valence-corrected chi connectivity index (χ4v) is 2.08. The van der Waals surface area contributed by atoms with Gasteiger partial charge in [-0.15, -0.1) is 11.8 Å². The molecular formula is C11H15F2NS. The molecule has 1 unspecified atom stereocenters. The standard InChI is InChI=1S/C11H15F2NS/c1-7(5-6-14)8-3-4-9(12)11(15-2)10(8)13/h3-4,7H,5-6,14H2,1-2H3. The third-order valence-electron chi connectivity index (χ3n) is 2.41. The van der Waals surface area contributed by atoms with E-state index in [1.165, 1.54) is 12.1 Å². The van der Waals surface area contributed by atoms with Crippen LogP contribution in [0.3, 0.4) is 0 Å². The third-order valence-corrected chi connectivity index (χ3v) is 3.20. The summed E-state index contributed by atoms with van der Waals surface area (Å²) in [5.41, 5.74) is 5.96. The molecule has 4 heteroatoms. The van der Waals surface area contributed by atoms with E-state index in [9.17, 15) is 8.78 Å². The number of nitrogens with two attached hydrogens (primary N) is 1. The van der Waals surface area contributed by atoms with Crippen LogP contribution in [0.4, 0.5) is 8.78 Å². The van der Waals surface area contributed by atoms with E-state index >= 15 is 0 Å². The molecule has 0 fully saturated rings. The lowest BCUT2D eigenvalue weighted by Gasteiger charge is -2.13. The summed E-state index contributed by atoms with van der Waals surface area (Å²) in [5, 5.41) is 0. The van der Waals surface area contributed by atoms with E-state index in [0.29, 0.717) is 18.5 Å². The molecule has 0 aliphatic carbocycles. The van der Waals surface area contributed by atoms with E-state index in [0.717, 1.165) is 11.8 Å². The van der Waals surface area contributed by atoms with Gasteiger partial charge >= 0.3 is 0 Å². The van der Waals surface area contributed by atoms with E-state index < -0.39 is 11.6 Å². The van der Waals surface area contributed by atoms with Gasteiger partial charge in [0.2, 0.25) is 0 Å². The maximum absolute atomic E-state index is 13.8. The first kappa shape index (κ1) is 12.5. The highest BCUT2D eigenvalue weighted by atomic mass is 32.2. The molecule has 0 amide bonds. The van der Waals surface area contributed by atoms with Gasteiger partial charge in [0.05, 0.1) is 4.90 Å². The van der Waals surface area contributed by atoms with Crippen LogP contribution in [-0.4, -0.2) is 12.8 Å². The second-order valence-electron chi connectivity index (χ2n) is 3.46. The van der Waals surface area contributed by atoms with Crippen LogP contribution in [-0.2, 0) is 0 Å². The largest absolute Gasteiger partial charge is 0.330 e. The van der Waals surface area contributed by atoms with Gasteiger partial charge < -0.3 is 5.73 Å². The number of hydrogen-bond acceptors (Lipinski definition) is 2. The van der Waals surface area contributed by atoms with E-state index in [1.54, 1.807) is 6.26 Å². The Hall–Kier alpha value is -0.610. The number of hydrogen-bond donors (Lipinski definition) is 1. The first-order valence-corrected chi connectivity index (χ1v) is 6.06. The molecule has 0 aromatic heterocycles. The molecule has 0 bridgehead atoms. The summed E-state index contributed by atoms with van der Waals surface area (Å²) in [5.74, 6) is -0.909. The highest BCUT2D eigenvalue weighted by molar-refractivity contribution is 7.98. The highest BCUT2D eigenvalue weighted by Crippen LogP contribution is 2.30. The number of benzene rings is 1. The molecule has 1 rings (SSSR count). The second-order valence-corrected chi connectivity index (χ2v) is 4.28. The molecule has 2 N–H and O–H groups in total. The van der Waals surface area contributed by atoms with Crippen molar-refractivity contribution < 1.29 is 8.78 Å². The molecular weight excluding hydrogens is 216 g/mol. The molecule has 1 aromatic rings. The van der Waals surface area contributed by atoms with Crippen molar-refractivity contribution >= 4 is 11.8 Å². The molecule has 0 saturated carbocycles. The Morgan fingerprint density at radius 1 is 1.40 bits per heavy atom. The molecule has 0 radical (unpaired) electrons. The van der Waals surface area contributed by atoms with Crippen molar-refractivity contribution in [1.82, 2.24) is 0 Å². The summed E-state index contributed by atoms with van der Waals surface area (Å²) in [7, 11) is 0. The molecule has 0 aliphatic heterocycles. The first-order chi connectivity index (χ1) is 7.11. The zero-order chi connectivity index (χ0) is 11.4. The molecule has 1 atom stereocenters. The zero-order valence-electron chi connectivity index (χ0n) is 8.89. The van der Waals surface area contributed by atoms with Gasteiger partial charge in [0, 0.05) is 0 Å². The predicted octanol–water partition coefficient (Wildman–Crippen LogP) is 3.14. The van der Waals surface area contributed by atoms with Gasteiger partial charge in [0.15, 0.2) is 0 Å². The quantitative estimate of drug-likeness (QED) is 0.806. The van der Waals surface area contributed by atoms with Crippen molar-refractivity contribution in [3.05, 3.63) is 29.3 Å². The van der Waals surface area contributed by atoms with Gasteiger partial charge in [0.25, 0.3) is 0 Å². The Labute approximate surface area is 93.1 Å². The van der Waals surface area contributed by atoms with E-state index in [2.05, 4.69) is 0 Å². The Morgan fingerprint density at radius 2 is 2.07 bits per heavy atom. The Kier molecular flexibility index (Phi) is 4.54. The van der Waals surface area contributed by atoms with Crippen LogP contribution in [0.1, 0.15) is 24.8 Å². The lowest BCUT2D eigenvalue weighted by Crippen LogP contribution is -2.07. The monoisotopic (exact) mass is 231 g/mol. The van der Waals surface area contributed by atoms with E-state index in [-0.39, 0.29) is 10.8 Å². The second kappa shape index (κ2) is 5.47. The SMILES string of the molecule is CSc1c(F)ccc(C(C)CCN)c1F. The van der Waals surface area contributed by atoms with E-state index in [4.69, 9.17) is 5.73 Å². The molecule has 0 heterocycles. The molecule has 84 valence electrons. The Morgan fingerprint density at radius 3 is 2.60 bits per heavy atom. The summed E-state index contributed by atoms with van der Waals surface area (Å²) >= 11 is 1.09. The van der Waals surface area contributed by atoms with Crippen molar-refractivity contribution in [3.8, 4) is 0 Å². The third kappa shape index (κ3) is 2.69. The maximum Gasteiger partial charge on any atom is 0.143 e. The van der Waals surface area contributed by atoms with Gasteiger partial charge in [-0.25, -0.2) is 8.78 Å². The molecule has 0 aliphatic rings. The minimum Gasteiger partial charge on any atom is -0.330 e. The van der Waals surface area contributed by atoms with Crippen LogP contribution < -0.4 is 5.73 Å². The summed E-state index contributed by atoms with van der Waals surface area (Å²) in [6.45, 7) is 2.40. The summed E-state index contributed by atoms with van der Waals surface area (Å²) in [4.78, 5) is 0.0939. The fraction of sp³-hybridized carbons (Fsp3) is 0.455. The van der Waals surface area contributed by atoms with Gasteiger partial charge in [-0.3, -0.25) is 0 Å². The zero-order valence-corrected chi connectivity index (χ0v) is 9.70. The average Bonchev–Trinajstić information content (AvgIpc) is 2.18. The fourth-order valence-electron chi connectivity index (χ4n) is 1.52. The Balaban J connectivity index is 3.09. The van der Waals surface area contributed by atoms with Crippen molar-refractivity contribution in [2.45, 2.75) is 24.2 Å². The van der Waals surface area contributed by atoms with Crippen LogP contribution in [0.25, 0.3) is 0 Å². The van der Waals surface area contributed by atoms with Crippen LogP contribution >= 0.6 is 11.8 Å². The minimum absolute atomic E-state index is 0.0292. The smallest absolute Gasteiger partial charge is 0.143 e. The lowest BCUT2D eigenvalue weighted by atomic mass is 9.97. The number of rotatable bonds is 4. The van der Waals surface area contributed by atoms with Crippen molar-refractivity contribution in [1.29, 1.82) is 0 Å². The van der Waals surface area contributed by atoms with Crippen LogP contribution in [0.15, 0.2) is 17.0 Å². The molecule has 1 aromatic carbocycles. The van der Waals surface area contributed by atoms with Crippen molar-refractivity contribution in [2.24, 2.45) is 5.73 Å². The van der Waals surface area contributed by atoms with Gasteiger partial charge in [-0.05, 0) is 36.8 Å². The summed E-state index contributed by atoms with van der Waals surface area (Å²) in [6, 6.07) is 2.82. The molecule has 0 spiro atoms. The van der Waals surface area contributed by atoms with E-state index in [1.807, 2.05) is 6.92 Å². The minimum atomic E-state index is -0.497. The lowest BCUT2D eigenvalue weighted by molar-refractivity contribution is 0.516. The molecule has 1 nitrogen and oxygen atoms in total.